The van der Waals surface area contributed by atoms with Gasteiger partial charge in [-0.1, -0.05) is 6.07 Å². The first-order valence-corrected chi connectivity index (χ1v) is 11.3. The van der Waals surface area contributed by atoms with Crippen LogP contribution in [0.1, 0.15) is 36.0 Å². The second-order valence-corrected chi connectivity index (χ2v) is 9.11. The van der Waals surface area contributed by atoms with Crippen LogP contribution < -0.4 is 15.8 Å². The normalized spacial score (nSPS) is 16.4. The first-order valence-electron chi connectivity index (χ1n) is 10.9. The van der Waals surface area contributed by atoms with Crippen molar-refractivity contribution in [1.82, 2.24) is 15.2 Å². The summed E-state index contributed by atoms with van der Waals surface area (Å²) in [5, 5.41) is 5.15. The van der Waals surface area contributed by atoms with E-state index in [0.717, 1.165) is 67.5 Å². The highest BCUT2D eigenvalue weighted by Gasteiger charge is 2.18. The quantitative estimate of drug-likeness (QED) is 0.554. The Bertz CT molecular complexity index is 935. The van der Waals surface area contributed by atoms with Crippen LogP contribution in [-0.4, -0.2) is 61.4 Å². The third kappa shape index (κ3) is 6.03. The lowest BCUT2D eigenvalue weighted by Gasteiger charge is -2.27. The number of H-pyrrole nitrogens is 1. The number of pyridine rings is 1. The Morgan fingerprint density at radius 1 is 1.33 bits per heavy atom. The molecule has 3 N–H and O–H groups in total. The molecule has 0 unspecified atom stereocenters. The summed E-state index contributed by atoms with van der Waals surface area (Å²) in [4.78, 5) is 19.4. The molecule has 1 aliphatic rings. The number of hydrogen-bond acceptors (Lipinski definition) is 3. The van der Waals surface area contributed by atoms with Gasteiger partial charge in [0.15, 0.2) is 5.11 Å². The number of aromatic nitrogens is 1. The van der Waals surface area contributed by atoms with Crippen LogP contribution in [0.2, 0.25) is 0 Å². The van der Waals surface area contributed by atoms with E-state index in [0.29, 0.717) is 11.7 Å². The van der Waals surface area contributed by atoms with Crippen molar-refractivity contribution < 1.29 is 9.64 Å². The van der Waals surface area contributed by atoms with E-state index in [2.05, 4.69) is 42.3 Å². The fourth-order valence-corrected chi connectivity index (χ4v) is 4.27. The number of aryl methyl sites for hydroxylation is 2. The Balaban J connectivity index is 1.77. The van der Waals surface area contributed by atoms with Crippen molar-refractivity contribution in [2.75, 3.05) is 40.3 Å². The third-order valence-corrected chi connectivity index (χ3v) is 6.05. The molecule has 3 rings (SSSR count). The minimum atomic E-state index is -0.0438. The van der Waals surface area contributed by atoms with Crippen LogP contribution in [0.25, 0.3) is 10.9 Å². The minimum Gasteiger partial charge on any atom is -0.376 e. The van der Waals surface area contributed by atoms with Gasteiger partial charge in [-0.3, -0.25) is 4.79 Å². The van der Waals surface area contributed by atoms with Crippen molar-refractivity contribution in [1.29, 1.82) is 0 Å². The van der Waals surface area contributed by atoms with E-state index in [9.17, 15) is 4.79 Å². The van der Waals surface area contributed by atoms with Crippen molar-refractivity contribution in [2.45, 2.75) is 45.8 Å². The smallest absolute Gasteiger partial charge is 0.253 e. The van der Waals surface area contributed by atoms with Gasteiger partial charge >= 0.3 is 0 Å². The molecule has 6 nitrogen and oxygen atoms in total. The van der Waals surface area contributed by atoms with Gasteiger partial charge in [0.1, 0.15) is 0 Å². The summed E-state index contributed by atoms with van der Waals surface area (Å²) in [5.74, 6) is 0. The Morgan fingerprint density at radius 2 is 2.13 bits per heavy atom. The van der Waals surface area contributed by atoms with E-state index in [4.69, 9.17) is 17.0 Å². The molecular formula is C23H35N4O2S+. The minimum absolute atomic E-state index is 0.0438. The lowest BCUT2D eigenvalue weighted by molar-refractivity contribution is -0.858. The molecule has 1 fully saturated rings. The van der Waals surface area contributed by atoms with Gasteiger partial charge in [-0.2, -0.15) is 0 Å². The second kappa shape index (κ2) is 10.4. The first kappa shape index (κ1) is 22.7. The summed E-state index contributed by atoms with van der Waals surface area (Å²) in [7, 11) is 4.30. The average molecular weight is 432 g/mol. The maximum Gasteiger partial charge on any atom is 0.253 e. The third-order valence-electron chi connectivity index (χ3n) is 5.65. The second-order valence-electron chi connectivity index (χ2n) is 8.72. The molecule has 1 aromatic heterocycles. The Labute approximate surface area is 184 Å². The van der Waals surface area contributed by atoms with Gasteiger partial charge < -0.3 is 24.8 Å². The summed E-state index contributed by atoms with van der Waals surface area (Å²) in [5.41, 5.74) is 3.91. The van der Waals surface area contributed by atoms with E-state index >= 15 is 0 Å². The molecule has 1 aliphatic heterocycles. The molecule has 1 aromatic carbocycles. The molecular weight excluding hydrogens is 396 g/mol. The van der Waals surface area contributed by atoms with Gasteiger partial charge in [-0.25, -0.2) is 0 Å². The molecule has 0 saturated carbocycles. The molecule has 2 aromatic rings. The highest BCUT2D eigenvalue weighted by Crippen LogP contribution is 2.19. The molecule has 7 heteroatoms. The molecule has 1 atom stereocenters. The number of quaternary nitrogens is 1. The number of benzene rings is 1. The van der Waals surface area contributed by atoms with Gasteiger partial charge in [-0.05, 0) is 62.2 Å². The number of ether oxygens (including phenoxy) is 1. The van der Waals surface area contributed by atoms with Crippen LogP contribution in [0.15, 0.2) is 23.0 Å². The van der Waals surface area contributed by atoms with Gasteiger partial charge in [0.25, 0.3) is 5.56 Å². The van der Waals surface area contributed by atoms with E-state index in [1.807, 2.05) is 19.1 Å². The molecule has 0 aliphatic carbocycles. The number of aromatic amines is 1. The topological polar surface area (TPSA) is 61.8 Å². The molecule has 0 spiro atoms. The highest BCUT2D eigenvalue weighted by atomic mass is 32.1. The van der Waals surface area contributed by atoms with Crippen molar-refractivity contribution in [2.24, 2.45) is 0 Å². The van der Waals surface area contributed by atoms with Gasteiger partial charge in [0.2, 0.25) is 0 Å². The van der Waals surface area contributed by atoms with Crippen molar-refractivity contribution in [3.05, 3.63) is 45.2 Å². The number of rotatable bonds is 8. The maximum atomic E-state index is 12.8. The number of fused-ring (bicyclic) bond motifs is 1. The van der Waals surface area contributed by atoms with E-state index in [1.54, 1.807) is 0 Å². The number of nitrogens with zero attached hydrogens (tertiary/aromatic N) is 1. The fraction of sp³-hybridized carbons (Fsp3) is 0.565. The monoisotopic (exact) mass is 431 g/mol. The summed E-state index contributed by atoms with van der Waals surface area (Å²) >= 11 is 5.71. The van der Waals surface area contributed by atoms with Crippen LogP contribution in [0.4, 0.5) is 0 Å². The zero-order valence-electron chi connectivity index (χ0n) is 18.6. The Kier molecular flexibility index (Phi) is 7.86. The van der Waals surface area contributed by atoms with Gasteiger partial charge in [0.05, 0.1) is 33.3 Å². The molecule has 1 saturated heterocycles. The largest absolute Gasteiger partial charge is 0.376 e. The molecule has 30 heavy (non-hydrogen) atoms. The van der Waals surface area contributed by atoms with Gasteiger partial charge in [-0.15, -0.1) is 0 Å². The summed E-state index contributed by atoms with van der Waals surface area (Å²) in [6, 6.07) is 6.20. The summed E-state index contributed by atoms with van der Waals surface area (Å²) < 4.78 is 5.71. The van der Waals surface area contributed by atoms with E-state index in [-0.39, 0.29) is 11.7 Å². The highest BCUT2D eigenvalue weighted by molar-refractivity contribution is 7.80. The average Bonchev–Trinajstić information content (AvgIpc) is 3.19. The summed E-state index contributed by atoms with van der Waals surface area (Å²) in [6.45, 7) is 8.05. The van der Waals surface area contributed by atoms with Crippen LogP contribution >= 0.6 is 12.2 Å². The lowest BCUT2D eigenvalue weighted by Crippen LogP contribution is -3.05. The zero-order valence-corrected chi connectivity index (χ0v) is 19.5. The zero-order chi connectivity index (χ0) is 21.7. The summed E-state index contributed by atoms with van der Waals surface area (Å²) in [6.07, 6.45) is 3.42. The fourth-order valence-electron chi connectivity index (χ4n) is 4.03. The Morgan fingerprint density at radius 3 is 2.83 bits per heavy atom. The number of hydrogen-bond donors (Lipinski definition) is 3. The van der Waals surface area contributed by atoms with Crippen LogP contribution in [0, 0.1) is 13.8 Å². The molecule has 0 radical (unpaired) electrons. The van der Waals surface area contributed by atoms with Crippen molar-refractivity contribution >= 4 is 28.2 Å². The van der Waals surface area contributed by atoms with Crippen molar-refractivity contribution in [3.63, 3.8) is 0 Å². The van der Waals surface area contributed by atoms with Crippen molar-refractivity contribution in [3.8, 4) is 0 Å². The molecule has 164 valence electrons. The number of nitrogens with one attached hydrogen (secondary N) is 3. The van der Waals surface area contributed by atoms with E-state index in [1.165, 1.54) is 10.5 Å². The predicted molar refractivity (Wildman–Crippen MR) is 126 cm³/mol. The first-order chi connectivity index (χ1) is 14.3. The standard InChI is InChI=1S/C23H34N4O2S/c1-16-11-17(2)20-13-18(22(28)25-21(20)12-16)15-27(9-6-8-26(3)4)23(30)24-14-19-7-5-10-29-19/h11-13,19H,5-10,14-15H2,1-4H3,(H,24,30)(H,25,28)/p+1/t19-/m1/s1. The van der Waals surface area contributed by atoms with Crippen LogP contribution in [0.3, 0.4) is 0 Å². The number of thiocarbonyl (C=S) groups is 1. The van der Waals surface area contributed by atoms with E-state index < -0.39 is 0 Å². The lowest BCUT2D eigenvalue weighted by atomic mass is 10.0. The molecule has 0 amide bonds. The van der Waals surface area contributed by atoms with Crippen LogP contribution in [-0.2, 0) is 11.3 Å². The predicted octanol–water partition coefficient (Wildman–Crippen LogP) is 1.54. The Hall–Kier alpha value is -1.96. The van der Waals surface area contributed by atoms with Crippen LogP contribution in [0.5, 0.6) is 0 Å². The molecule has 2 heterocycles. The maximum absolute atomic E-state index is 12.8. The van der Waals surface area contributed by atoms with Gasteiger partial charge in [0, 0.05) is 42.6 Å². The SMILES string of the molecule is Cc1cc(C)c2cc(CN(CCC[NH+](C)C)C(=S)NC[C@H]3CCCO3)c(=O)[nH]c2c1. The molecule has 0 bridgehead atoms.